The van der Waals surface area contributed by atoms with Gasteiger partial charge in [-0.1, -0.05) is 68.4 Å². The van der Waals surface area contributed by atoms with Gasteiger partial charge in [0.25, 0.3) is 0 Å². The molecule has 0 aliphatic carbocycles. The summed E-state index contributed by atoms with van der Waals surface area (Å²) in [6.45, 7) is 4.38. The van der Waals surface area contributed by atoms with Gasteiger partial charge in [0, 0.05) is 0 Å². The van der Waals surface area contributed by atoms with E-state index in [1.807, 2.05) is 60.7 Å². The zero-order valence-electron chi connectivity index (χ0n) is 14.9. The number of fused-ring (bicyclic) bond motifs is 1. The molecule has 4 heteroatoms. The summed E-state index contributed by atoms with van der Waals surface area (Å²) in [7, 11) is 0. The lowest BCUT2D eigenvalue weighted by Crippen LogP contribution is -2.20. The van der Waals surface area contributed by atoms with Gasteiger partial charge in [0.05, 0.1) is 0 Å². The Labute approximate surface area is 152 Å². The van der Waals surface area contributed by atoms with Crippen LogP contribution in [0, 0.1) is 0 Å². The van der Waals surface area contributed by atoms with Gasteiger partial charge in [0.2, 0.25) is 0 Å². The first-order chi connectivity index (χ1) is 12.5. The topological polar surface area (TPSA) is 50.9 Å². The van der Waals surface area contributed by atoms with Crippen LogP contribution in [0.3, 0.4) is 0 Å². The first kappa shape index (κ1) is 16.3. The summed E-state index contributed by atoms with van der Waals surface area (Å²) in [5, 5.41) is 19.8. The highest BCUT2D eigenvalue weighted by Gasteiger charge is 2.23. The largest absolute Gasteiger partial charge is 0.505 e. The van der Waals surface area contributed by atoms with E-state index in [4.69, 9.17) is 0 Å². The molecule has 0 saturated heterocycles. The zero-order chi connectivity index (χ0) is 18.1. The van der Waals surface area contributed by atoms with Crippen molar-refractivity contribution in [2.24, 2.45) is 0 Å². The third kappa shape index (κ3) is 2.94. The van der Waals surface area contributed by atoms with Crippen molar-refractivity contribution in [2.75, 3.05) is 0 Å². The average Bonchev–Trinajstić information content (AvgIpc) is 3.08. The molecule has 130 valence electrons. The lowest BCUT2D eigenvalue weighted by atomic mass is 9.79. The van der Waals surface area contributed by atoms with Gasteiger partial charge >= 0.3 is 0 Å². The standard InChI is InChI=1S/C22H21N3O/c1-22(2,17-10-4-3-5-11-17)15-16-9-8-14-20(21(16)26)25-23-18-12-6-7-13-19(18)24-25/h3-14,26H,15H2,1-2H3. The zero-order valence-corrected chi connectivity index (χ0v) is 14.9. The number of aromatic nitrogens is 3. The maximum absolute atomic E-state index is 10.9. The van der Waals surface area contributed by atoms with Crippen molar-refractivity contribution in [1.29, 1.82) is 0 Å². The van der Waals surface area contributed by atoms with Gasteiger partial charge in [0.15, 0.2) is 0 Å². The molecule has 0 atom stereocenters. The minimum absolute atomic E-state index is 0.0976. The Balaban J connectivity index is 1.72. The van der Waals surface area contributed by atoms with Crippen LogP contribution < -0.4 is 0 Å². The molecule has 0 aliphatic rings. The molecule has 0 amide bonds. The number of rotatable bonds is 4. The average molecular weight is 343 g/mol. The summed E-state index contributed by atoms with van der Waals surface area (Å²) in [6.07, 6.45) is 0.720. The van der Waals surface area contributed by atoms with E-state index >= 15 is 0 Å². The summed E-state index contributed by atoms with van der Waals surface area (Å²) < 4.78 is 0. The summed E-state index contributed by atoms with van der Waals surface area (Å²) >= 11 is 0. The smallest absolute Gasteiger partial charge is 0.146 e. The molecule has 4 nitrogen and oxygen atoms in total. The maximum atomic E-state index is 10.9. The van der Waals surface area contributed by atoms with Crippen LogP contribution in [0.1, 0.15) is 25.0 Å². The fourth-order valence-corrected chi connectivity index (χ4v) is 3.32. The Hall–Kier alpha value is -3.14. The second-order valence-electron chi connectivity index (χ2n) is 7.19. The maximum Gasteiger partial charge on any atom is 0.146 e. The second-order valence-corrected chi connectivity index (χ2v) is 7.19. The first-order valence-corrected chi connectivity index (χ1v) is 8.73. The van der Waals surface area contributed by atoms with Crippen molar-refractivity contribution in [3.63, 3.8) is 0 Å². The van der Waals surface area contributed by atoms with E-state index in [1.165, 1.54) is 10.4 Å². The summed E-state index contributed by atoms with van der Waals surface area (Å²) in [6, 6.07) is 23.8. The number of hydrogen-bond acceptors (Lipinski definition) is 3. The molecule has 3 aromatic carbocycles. The molecule has 0 bridgehead atoms. The van der Waals surface area contributed by atoms with Crippen molar-refractivity contribution in [3.8, 4) is 11.4 Å². The SMILES string of the molecule is CC(C)(Cc1cccc(-n2nc3ccccc3n2)c1O)c1ccccc1. The van der Waals surface area contributed by atoms with Crippen LogP contribution >= 0.6 is 0 Å². The molecule has 4 aromatic rings. The molecule has 0 spiro atoms. The van der Waals surface area contributed by atoms with Crippen LogP contribution in [-0.4, -0.2) is 20.1 Å². The van der Waals surface area contributed by atoms with Crippen LogP contribution in [0.2, 0.25) is 0 Å². The quantitative estimate of drug-likeness (QED) is 0.587. The van der Waals surface area contributed by atoms with Crippen LogP contribution in [-0.2, 0) is 11.8 Å². The van der Waals surface area contributed by atoms with E-state index in [9.17, 15) is 5.11 Å². The van der Waals surface area contributed by atoms with Gasteiger partial charge in [-0.3, -0.25) is 0 Å². The molecule has 0 saturated carbocycles. The Morgan fingerprint density at radius 1 is 0.808 bits per heavy atom. The Bertz CT molecular complexity index is 1020. The molecular weight excluding hydrogens is 322 g/mol. The normalized spacial score (nSPS) is 11.8. The minimum atomic E-state index is -0.0976. The van der Waals surface area contributed by atoms with Crippen LogP contribution in [0.5, 0.6) is 5.75 Å². The summed E-state index contributed by atoms with van der Waals surface area (Å²) in [5.74, 6) is 0.233. The van der Waals surface area contributed by atoms with Gasteiger partial charge < -0.3 is 5.11 Å². The highest BCUT2D eigenvalue weighted by Crippen LogP contribution is 2.33. The molecule has 1 N–H and O–H groups in total. The van der Waals surface area contributed by atoms with Crippen LogP contribution in [0.4, 0.5) is 0 Å². The molecule has 0 radical (unpaired) electrons. The van der Waals surface area contributed by atoms with E-state index in [2.05, 4.69) is 36.2 Å². The number of phenolic OH excluding ortho intramolecular Hbond substituents is 1. The highest BCUT2D eigenvalue weighted by molar-refractivity contribution is 5.73. The van der Waals surface area contributed by atoms with Gasteiger partial charge in [-0.05, 0) is 41.2 Å². The van der Waals surface area contributed by atoms with Gasteiger partial charge in [-0.25, -0.2) is 0 Å². The lowest BCUT2D eigenvalue weighted by molar-refractivity contribution is 0.445. The molecule has 1 aromatic heterocycles. The number of aromatic hydroxyl groups is 1. The number of nitrogens with zero attached hydrogens (tertiary/aromatic N) is 3. The molecule has 1 heterocycles. The van der Waals surface area contributed by atoms with Gasteiger partial charge in [-0.15, -0.1) is 15.0 Å². The third-order valence-electron chi connectivity index (χ3n) is 4.79. The highest BCUT2D eigenvalue weighted by atomic mass is 16.3. The number of hydrogen-bond donors (Lipinski definition) is 1. The van der Waals surface area contributed by atoms with Crippen molar-refractivity contribution in [3.05, 3.63) is 83.9 Å². The third-order valence-corrected chi connectivity index (χ3v) is 4.79. The van der Waals surface area contributed by atoms with Crippen molar-refractivity contribution in [2.45, 2.75) is 25.7 Å². The molecule has 0 unspecified atom stereocenters. The predicted molar refractivity (Wildman–Crippen MR) is 104 cm³/mol. The van der Waals surface area contributed by atoms with E-state index in [0.29, 0.717) is 5.69 Å². The van der Waals surface area contributed by atoms with Gasteiger partial charge in [-0.2, -0.15) is 0 Å². The minimum Gasteiger partial charge on any atom is -0.505 e. The van der Waals surface area contributed by atoms with E-state index in [1.54, 1.807) is 0 Å². The lowest BCUT2D eigenvalue weighted by Gasteiger charge is -2.26. The van der Waals surface area contributed by atoms with Crippen molar-refractivity contribution >= 4 is 11.0 Å². The van der Waals surface area contributed by atoms with E-state index in [-0.39, 0.29) is 11.2 Å². The molecule has 0 aliphatic heterocycles. The van der Waals surface area contributed by atoms with Crippen LogP contribution in [0.25, 0.3) is 16.7 Å². The number of phenols is 1. The molecule has 4 rings (SSSR count). The van der Waals surface area contributed by atoms with Crippen molar-refractivity contribution in [1.82, 2.24) is 15.0 Å². The van der Waals surface area contributed by atoms with E-state index in [0.717, 1.165) is 23.0 Å². The number of benzene rings is 3. The monoisotopic (exact) mass is 343 g/mol. The second kappa shape index (κ2) is 6.30. The molecule has 26 heavy (non-hydrogen) atoms. The van der Waals surface area contributed by atoms with E-state index < -0.39 is 0 Å². The first-order valence-electron chi connectivity index (χ1n) is 8.73. The Kier molecular flexibility index (Phi) is 3.96. The summed E-state index contributed by atoms with van der Waals surface area (Å²) in [4.78, 5) is 1.51. The Morgan fingerprint density at radius 2 is 1.42 bits per heavy atom. The molecule has 0 fully saturated rings. The predicted octanol–water partition coefficient (Wildman–Crippen LogP) is 4.65. The van der Waals surface area contributed by atoms with Gasteiger partial charge in [0.1, 0.15) is 22.5 Å². The fraction of sp³-hybridized carbons (Fsp3) is 0.182. The molecular formula is C22H21N3O. The van der Waals surface area contributed by atoms with Crippen molar-refractivity contribution < 1.29 is 5.11 Å². The summed E-state index contributed by atoms with van der Waals surface area (Å²) in [5.41, 5.74) is 4.25. The number of para-hydroxylation sites is 1. The van der Waals surface area contributed by atoms with Crippen LogP contribution in [0.15, 0.2) is 72.8 Å². The Morgan fingerprint density at radius 3 is 2.08 bits per heavy atom. The fourth-order valence-electron chi connectivity index (χ4n) is 3.32.